The minimum absolute atomic E-state index is 0.756. The SMILES string of the molecule is CCCCCCCCCCC(CBr)Cc1ccc(Cl)cc1. The molecule has 0 aromatic heterocycles. The first kappa shape index (κ1) is 19.0. The van der Waals surface area contributed by atoms with Gasteiger partial charge in [-0.3, -0.25) is 0 Å². The Kier molecular flexibility index (Phi) is 11.4. The molecule has 0 aliphatic heterocycles. The van der Waals surface area contributed by atoms with Gasteiger partial charge in [-0.1, -0.05) is 98.0 Å². The molecule has 0 aliphatic carbocycles. The predicted octanol–water partition coefficient (Wildman–Crippen LogP) is 7.42. The van der Waals surface area contributed by atoms with Crippen LogP contribution in [-0.2, 0) is 6.42 Å². The molecule has 0 fully saturated rings. The molecule has 1 aromatic carbocycles. The van der Waals surface area contributed by atoms with Crippen LogP contribution >= 0.6 is 27.5 Å². The predicted molar refractivity (Wildman–Crippen MR) is 99.7 cm³/mol. The Morgan fingerprint density at radius 1 is 0.905 bits per heavy atom. The minimum atomic E-state index is 0.756. The molecule has 0 nitrogen and oxygen atoms in total. The van der Waals surface area contributed by atoms with Gasteiger partial charge in [-0.2, -0.15) is 0 Å². The van der Waals surface area contributed by atoms with Gasteiger partial charge in [0.1, 0.15) is 0 Å². The molecular formula is C19H30BrCl. The van der Waals surface area contributed by atoms with Crippen molar-refractivity contribution in [2.45, 2.75) is 71.1 Å². The van der Waals surface area contributed by atoms with Crippen molar-refractivity contribution in [3.63, 3.8) is 0 Å². The summed E-state index contributed by atoms with van der Waals surface area (Å²) in [5.74, 6) is 0.756. The molecule has 0 radical (unpaired) electrons. The fourth-order valence-electron chi connectivity index (χ4n) is 2.75. The largest absolute Gasteiger partial charge is 0.0925 e. The van der Waals surface area contributed by atoms with Crippen molar-refractivity contribution in [1.29, 1.82) is 0 Å². The highest BCUT2D eigenvalue weighted by molar-refractivity contribution is 9.09. The van der Waals surface area contributed by atoms with E-state index < -0.39 is 0 Å². The molecule has 0 spiro atoms. The first-order chi connectivity index (χ1) is 10.3. The average Bonchev–Trinajstić information content (AvgIpc) is 2.50. The maximum atomic E-state index is 5.94. The van der Waals surface area contributed by atoms with Crippen molar-refractivity contribution in [3.8, 4) is 0 Å². The molecule has 0 N–H and O–H groups in total. The molecular weight excluding hydrogens is 344 g/mol. The Bertz CT molecular complexity index is 347. The minimum Gasteiger partial charge on any atom is -0.0925 e. The van der Waals surface area contributed by atoms with Crippen LogP contribution in [0.1, 0.15) is 70.3 Å². The fourth-order valence-corrected chi connectivity index (χ4v) is 3.43. The van der Waals surface area contributed by atoms with Gasteiger partial charge in [0.15, 0.2) is 0 Å². The van der Waals surface area contributed by atoms with Crippen molar-refractivity contribution < 1.29 is 0 Å². The van der Waals surface area contributed by atoms with E-state index in [1.807, 2.05) is 12.1 Å². The summed E-state index contributed by atoms with van der Waals surface area (Å²) in [5.41, 5.74) is 1.41. The summed E-state index contributed by atoms with van der Waals surface area (Å²) in [5, 5.41) is 1.93. The van der Waals surface area contributed by atoms with E-state index >= 15 is 0 Å². The van der Waals surface area contributed by atoms with E-state index in [1.165, 1.54) is 69.8 Å². The van der Waals surface area contributed by atoms with Crippen molar-refractivity contribution in [2.24, 2.45) is 5.92 Å². The number of rotatable bonds is 12. The summed E-state index contributed by atoms with van der Waals surface area (Å²) in [6.45, 7) is 2.28. The molecule has 0 saturated heterocycles. The van der Waals surface area contributed by atoms with Gasteiger partial charge < -0.3 is 0 Å². The zero-order valence-electron chi connectivity index (χ0n) is 13.4. The second-order valence-corrected chi connectivity index (χ2v) is 7.20. The lowest BCUT2D eigenvalue weighted by molar-refractivity contribution is 0.486. The molecule has 0 heterocycles. The fraction of sp³-hybridized carbons (Fsp3) is 0.684. The van der Waals surface area contributed by atoms with Crippen LogP contribution in [0.5, 0.6) is 0 Å². The molecule has 0 aliphatic rings. The van der Waals surface area contributed by atoms with E-state index in [4.69, 9.17) is 11.6 Å². The van der Waals surface area contributed by atoms with Crippen LogP contribution in [0.4, 0.5) is 0 Å². The second kappa shape index (κ2) is 12.5. The standard InChI is InChI=1S/C19H30BrCl/c1-2-3-4-5-6-7-8-9-10-18(16-20)15-17-11-13-19(21)14-12-17/h11-14,18H,2-10,15-16H2,1H3. The summed E-state index contributed by atoms with van der Waals surface area (Å²) in [4.78, 5) is 0. The molecule has 1 aromatic rings. The zero-order chi connectivity index (χ0) is 15.3. The molecule has 1 unspecified atom stereocenters. The number of unbranched alkanes of at least 4 members (excludes halogenated alkanes) is 7. The highest BCUT2D eigenvalue weighted by Gasteiger charge is 2.08. The van der Waals surface area contributed by atoms with Crippen molar-refractivity contribution in [3.05, 3.63) is 34.9 Å². The van der Waals surface area contributed by atoms with Crippen molar-refractivity contribution in [1.82, 2.24) is 0 Å². The lowest BCUT2D eigenvalue weighted by atomic mass is 9.95. The van der Waals surface area contributed by atoms with Gasteiger partial charge in [0.2, 0.25) is 0 Å². The number of halogens is 2. The number of hydrogen-bond donors (Lipinski definition) is 0. The molecule has 0 saturated carbocycles. The second-order valence-electron chi connectivity index (χ2n) is 6.11. The molecule has 0 bridgehead atoms. The topological polar surface area (TPSA) is 0 Å². The van der Waals surface area contributed by atoms with Crippen LogP contribution in [0.3, 0.4) is 0 Å². The van der Waals surface area contributed by atoms with Gasteiger partial charge in [-0.05, 0) is 36.5 Å². The summed E-state index contributed by atoms with van der Waals surface area (Å²) < 4.78 is 0. The summed E-state index contributed by atoms with van der Waals surface area (Å²) in [6.07, 6.45) is 13.7. The van der Waals surface area contributed by atoms with Crippen LogP contribution in [0.15, 0.2) is 24.3 Å². The average molecular weight is 374 g/mol. The number of benzene rings is 1. The Labute approximate surface area is 144 Å². The molecule has 21 heavy (non-hydrogen) atoms. The third kappa shape index (κ3) is 9.58. The zero-order valence-corrected chi connectivity index (χ0v) is 15.8. The van der Waals surface area contributed by atoms with Gasteiger partial charge in [0.05, 0.1) is 0 Å². The van der Waals surface area contributed by atoms with Gasteiger partial charge >= 0.3 is 0 Å². The molecule has 1 rings (SSSR count). The van der Waals surface area contributed by atoms with Crippen LogP contribution in [0.25, 0.3) is 0 Å². The van der Waals surface area contributed by atoms with E-state index in [9.17, 15) is 0 Å². The Morgan fingerprint density at radius 3 is 2.05 bits per heavy atom. The highest BCUT2D eigenvalue weighted by Crippen LogP contribution is 2.20. The van der Waals surface area contributed by atoms with E-state index in [0.717, 1.165) is 16.3 Å². The first-order valence-corrected chi connectivity index (χ1v) is 10.1. The van der Waals surface area contributed by atoms with Crippen LogP contribution in [-0.4, -0.2) is 5.33 Å². The normalized spacial score (nSPS) is 12.5. The summed E-state index contributed by atoms with van der Waals surface area (Å²) in [7, 11) is 0. The van der Waals surface area contributed by atoms with Gasteiger partial charge in [-0.25, -0.2) is 0 Å². The third-order valence-electron chi connectivity index (χ3n) is 4.12. The quantitative estimate of drug-likeness (QED) is 0.264. The van der Waals surface area contributed by atoms with E-state index in [2.05, 4.69) is 35.0 Å². The molecule has 2 heteroatoms. The van der Waals surface area contributed by atoms with Gasteiger partial charge in [0, 0.05) is 10.4 Å². The molecule has 0 amide bonds. The maximum Gasteiger partial charge on any atom is 0.0406 e. The highest BCUT2D eigenvalue weighted by atomic mass is 79.9. The third-order valence-corrected chi connectivity index (χ3v) is 5.29. The molecule has 1 atom stereocenters. The molecule has 120 valence electrons. The number of alkyl halides is 1. The smallest absolute Gasteiger partial charge is 0.0406 e. The number of hydrogen-bond acceptors (Lipinski definition) is 0. The maximum absolute atomic E-state index is 5.94. The van der Waals surface area contributed by atoms with E-state index in [1.54, 1.807) is 0 Å². The summed E-state index contributed by atoms with van der Waals surface area (Å²) in [6, 6.07) is 8.31. The van der Waals surface area contributed by atoms with Crippen LogP contribution in [0, 0.1) is 5.92 Å². The monoisotopic (exact) mass is 372 g/mol. The summed E-state index contributed by atoms with van der Waals surface area (Å²) >= 11 is 9.61. The van der Waals surface area contributed by atoms with Gasteiger partial charge in [-0.15, -0.1) is 0 Å². The van der Waals surface area contributed by atoms with Gasteiger partial charge in [0.25, 0.3) is 0 Å². The van der Waals surface area contributed by atoms with E-state index in [0.29, 0.717) is 0 Å². The lowest BCUT2D eigenvalue weighted by Crippen LogP contribution is -2.06. The van der Waals surface area contributed by atoms with Crippen molar-refractivity contribution >= 4 is 27.5 Å². The van der Waals surface area contributed by atoms with Crippen LogP contribution < -0.4 is 0 Å². The Hall–Kier alpha value is -0.0100. The lowest BCUT2D eigenvalue weighted by Gasteiger charge is -2.14. The van der Waals surface area contributed by atoms with E-state index in [-0.39, 0.29) is 0 Å². The van der Waals surface area contributed by atoms with Crippen molar-refractivity contribution in [2.75, 3.05) is 5.33 Å². The Morgan fingerprint density at radius 2 is 1.48 bits per heavy atom. The first-order valence-electron chi connectivity index (χ1n) is 8.56. The Balaban J connectivity index is 2.09. The van der Waals surface area contributed by atoms with Crippen LogP contribution in [0.2, 0.25) is 5.02 Å².